The Morgan fingerprint density at radius 3 is 2.87 bits per heavy atom. The predicted molar refractivity (Wildman–Crippen MR) is 86.7 cm³/mol. The summed E-state index contributed by atoms with van der Waals surface area (Å²) in [7, 11) is 1.59. The maximum atomic E-state index is 13.1. The number of thioether (sulfide) groups is 1. The van der Waals surface area contributed by atoms with E-state index in [2.05, 4.69) is 15.5 Å². The molecule has 118 valence electrons. The molecule has 0 radical (unpaired) electrons. The van der Waals surface area contributed by atoms with Crippen LogP contribution < -0.4 is 4.74 Å². The van der Waals surface area contributed by atoms with Crippen molar-refractivity contribution in [3.05, 3.63) is 58.9 Å². The number of ether oxygens (including phenoxy) is 1. The Labute approximate surface area is 141 Å². The molecule has 0 atom stereocenters. The minimum Gasteiger partial charge on any atom is -0.494 e. The van der Waals surface area contributed by atoms with Crippen LogP contribution in [0.15, 0.2) is 47.6 Å². The summed E-state index contributed by atoms with van der Waals surface area (Å²) in [6, 6.07) is 11.8. The minimum atomic E-state index is -0.359. The second kappa shape index (κ2) is 6.97. The van der Waals surface area contributed by atoms with Gasteiger partial charge in [0.1, 0.15) is 17.3 Å². The van der Waals surface area contributed by atoms with Crippen LogP contribution in [0.3, 0.4) is 0 Å². The van der Waals surface area contributed by atoms with Gasteiger partial charge in [-0.2, -0.15) is 4.68 Å². The molecule has 1 heterocycles. The van der Waals surface area contributed by atoms with Crippen LogP contribution in [0.2, 0.25) is 5.02 Å². The van der Waals surface area contributed by atoms with Gasteiger partial charge in [0.15, 0.2) is 0 Å². The third-order valence-electron chi connectivity index (χ3n) is 3.13. The Morgan fingerprint density at radius 1 is 1.26 bits per heavy atom. The van der Waals surface area contributed by atoms with Crippen LogP contribution in [0.25, 0.3) is 5.69 Å². The Morgan fingerprint density at radius 2 is 2.09 bits per heavy atom. The van der Waals surface area contributed by atoms with Crippen LogP contribution >= 0.6 is 23.4 Å². The van der Waals surface area contributed by atoms with Crippen molar-refractivity contribution in [3.63, 3.8) is 0 Å². The van der Waals surface area contributed by atoms with E-state index in [1.807, 2.05) is 24.3 Å². The van der Waals surface area contributed by atoms with E-state index < -0.39 is 0 Å². The third kappa shape index (κ3) is 3.46. The van der Waals surface area contributed by atoms with Gasteiger partial charge in [-0.3, -0.25) is 0 Å². The number of hydrogen-bond donors (Lipinski definition) is 0. The fourth-order valence-electron chi connectivity index (χ4n) is 2.01. The lowest BCUT2D eigenvalue weighted by Gasteiger charge is -2.09. The Bertz CT molecular complexity index is 827. The van der Waals surface area contributed by atoms with E-state index >= 15 is 0 Å². The van der Waals surface area contributed by atoms with Crippen LogP contribution in [0.4, 0.5) is 4.39 Å². The van der Waals surface area contributed by atoms with Crippen molar-refractivity contribution in [2.75, 3.05) is 7.11 Å². The summed E-state index contributed by atoms with van der Waals surface area (Å²) in [5, 5.41) is 12.7. The number of hydrogen-bond acceptors (Lipinski definition) is 5. The van der Waals surface area contributed by atoms with Gasteiger partial charge in [0.05, 0.1) is 7.11 Å². The Balaban J connectivity index is 1.84. The molecular weight excluding hydrogens is 339 g/mol. The molecule has 0 fully saturated rings. The number of rotatable bonds is 5. The smallest absolute Gasteiger partial charge is 0.214 e. The standard InChI is InChI=1S/C15H12ClFN4OS/c1-22-14-5-3-2-4-13(14)21-15(18-19-20-21)23-9-10-6-7-11(17)8-12(10)16/h2-8H,9H2,1H3. The average molecular weight is 351 g/mol. The molecule has 5 nitrogen and oxygen atoms in total. The zero-order valence-corrected chi connectivity index (χ0v) is 13.7. The summed E-state index contributed by atoms with van der Waals surface area (Å²) in [5.74, 6) is 0.832. The number of aromatic nitrogens is 4. The second-order valence-electron chi connectivity index (χ2n) is 4.57. The van der Waals surface area contributed by atoms with Gasteiger partial charge < -0.3 is 4.74 Å². The van der Waals surface area contributed by atoms with E-state index in [1.54, 1.807) is 17.9 Å². The van der Waals surface area contributed by atoms with Crippen molar-refractivity contribution < 1.29 is 9.13 Å². The molecule has 0 amide bonds. The molecule has 0 bridgehead atoms. The quantitative estimate of drug-likeness (QED) is 0.656. The zero-order chi connectivity index (χ0) is 16.2. The molecule has 0 aliphatic carbocycles. The summed E-state index contributed by atoms with van der Waals surface area (Å²) in [5.41, 5.74) is 1.56. The Kier molecular flexibility index (Phi) is 4.78. The Hall–Kier alpha value is -2.12. The zero-order valence-electron chi connectivity index (χ0n) is 12.1. The summed E-state index contributed by atoms with van der Waals surface area (Å²) in [6.45, 7) is 0. The lowest BCUT2D eigenvalue weighted by Crippen LogP contribution is -2.01. The van der Waals surface area contributed by atoms with Gasteiger partial charge in [-0.1, -0.05) is 41.6 Å². The summed E-state index contributed by atoms with van der Waals surface area (Å²) < 4.78 is 20.0. The second-order valence-corrected chi connectivity index (χ2v) is 5.92. The van der Waals surface area contributed by atoms with Crippen molar-refractivity contribution in [2.24, 2.45) is 0 Å². The van der Waals surface area contributed by atoms with E-state index in [9.17, 15) is 4.39 Å². The van der Waals surface area contributed by atoms with Crippen molar-refractivity contribution in [1.82, 2.24) is 20.2 Å². The summed E-state index contributed by atoms with van der Waals surface area (Å²) in [4.78, 5) is 0. The highest BCUT2D eigenvalue weighted by Gasteiger charge is 2.13. The van der Waals surface area contributed by atoms with E-state index in [-0.39, 0.29) is 5.82 Å². The minimum absolute atomic E-state index is 0.359. The van der Waals surface area contributed by atoms with Crippen molar-refractivity contribution in [3.8, 4) is 11.4 Å². The van der Waals surface area contributed by atoms with Gasteiger partial charge in [-0.15, -0.1) is 5.10 Å². The highest BCUT2D eigenvalue weighted by molar-refractivity contribution is 7.98. The summed E-state index contributed by atoms with van der Waals surface area (Å²) >= 11 is 7.45. The number of benzene rings is 2. The molecular formula is C15H12ClFN4OS. The van der Waals surface area contributed by atoms with Crippen LogP contribution in [0, 0.1) is 5.82 Å². The van der Waals surface area contributed by atoms with E-state index in [4.69, 9.17) is 16.3 Å². The first-order valence-corrected chi connectivity index (χ1v) is 8.04. The normalized spacial score (nSPS) is 10.7. The number of para-hydroxylation sites is 2. The molecule has 23 heavy (non-hydrogen) atoms. The monoisotopic (exact) mass is 350 g/mol. The van der Waals surface area contributed by atoms with Gasteiger partial charge in [-0.05, 0) is 40.3 Å². The molecule has 3 aromatic rings. The van der Waals surface area contributed by atoms with Crippen LogP contribution in [-0.2, 0) is 5.75 Å². The molecule has 8 heteroatoms. The highest BCUT2D eigenvalue weighted by Crippen LogP contribution is 2.29. The van der Waals surface area contributed by atoms with Gasteiger partial charge in [0, 0.05) is 10.8 Å². The molecule has 1 aromatic heterocycles. The fraction of sp³-hybridized carbons (Fsp3) is 0.133. The van der Waals surface area contributed by atoms with Crippen LogP contribution in [0.5, 0.6) is 5.75 Å². The maximum Gasteiger partial charge on any atom is 0.214 e. The fourth-order valence-corrected chi connectivity index (χ4v) is 3.21. The van der Waals surface area contributed by atoms with Gasteiger partial charge in [0.2, 0.25) is 5.16 Å². The lowest BCUT2D eigenvalue weighted by molar-refractivity contribution is 0.410. The lowest BCUT2D eigenvalue weighted by atomic mass is 10.2. The third-order valence-corrected chi connectivity index (χ3v) is 4.45. The topological polar surface area (TPSA) is 52.8 Å². The first-order valence-electron chi connectivity index (χ1n) is 6.67. The molecule has 0 unspecified atom stereocenters. The van der Waals surface area contributed by atoms with E-state index in [0.29, 0.717) is 21.7 Å². The maximum absolute atomic E-state index is 13.1. The number of halogens is 2. The van der Waals surface area contributed by atoms with Gasteiger partial charge in [0.25, 0.3) is 0 Å². The van der Waals surface area contributed by atoms with Gasteiger partial charge in [-0.25, -0.2) is 4.39 Å². The molecule has 0 aliphatic rings. The summed E-state index contributed by atoms with van der Waals surface area (Å²) in [6.07, 6.45) is 0. The van der Waals surface area contributed by atoms with E-state index in [1.165, 1.54) is 23.9 Å². The number of methoxy groups -OCH3 is 1. The highest BCUT2D eigenvalue weighted by atomic mass is 35.5. The van der Waals surface area contributed by atoms with E-state index in [0.717, 1.165) is 11.3 Å². The van der Waals surface area contributed by atoms with Crippen molar-refractivity contribution in [2.45, 2.75) is 10.9 Å². The van der Waals surface area contributed by atoms with Gasteiger partial charge >= 0.3 is 0 Å². The largest absolute Gasteiger partial charge is 0.494 e. The molecule has 3 rings (SSSR count). The van der Waals surface area contributed by atoms with Crippen molar-refractivity contribution >= 4 is 23.4 Å². The first-order chi connectivity index (χ1) is 11.2. The van der Waals surface area contributed by atoms with Crippen LogP contribution in [-0.4, -0.2) is 27.3 Å². The molecule has 0 N–H and O–H groups in total. The molecule has 0 spiro atoms. The van der Waals surface area contributed by atoms with Crippen LogP contribution in [0.1, 0.15) is 5.56 Å². The molecule has 0 saturated carbocycles. The predicted octanol–water partition coefficient (Wildman–Crippen LogP) is 3.76. The number of tetrazole rings is 1. The first kappa shape index (κ1) is 15.8. The molecule has 2 aromatic carbocycles. The average Bonchev–Trinajstić information content (AvgIpc) is 3.02. The van der Waals surface area contributed by atoms with Crippen molar-refractivity contribution in [1.29, 1.82) is 0 Å². The SMILES string of the molecule is COc1ccccc1-n1nnnc1SCc1ccc(F)cc1Cl. The molecule has 0 aliphatic heterocycles. The number of nitrogens with zero attached hydrogens (tertiary/aromatic N) is 4. The molecule has 0 saturated heterocycles.